The predicted molar refractivity (Wildman–Crippen MR) is 146 cm³/mol. The zero-order valence-electron chi connectivity index (χ0n) is 23.4. The van der Waals surface area contributed by atoms with Crippen LogP contribution >= 0.6 is 0 Å². The minimum absolute atomic E-state index is 0.224. The molecule has 1 aromatic heterocycles. The van der Waals surface area contributed by atoms with Crippen LogP contribution in [0.2, 0.25) is 0 Å². The maximum Gasteiger partial charge on any atom is 0.408 e. The summed E-state index contributed by atoms with van der Waals surface area (Å²) in [6, 6.07) is -0.863. The molecule has 3 N–H and O–H groups in total. The Morgan fingerprint density at radius 1 is 1.09 bits per heavy atom. The van der Waals surface area contributed by atoms with Crippen molar-refractivity contribution >= 4 is 33.7 Å². The van der Waals surface area contributed by atoms with E-state index < -0.39 is 75.2 Å². The van der Waals surface area contributed by atoms with Gasteiger partial charge in [0.1, 0.15) is 29.9 Å². The smallest absolute Gasteiger partial charge is 0.339 e. The summed E-state index contributed by atoms with van der Waals surface area (Å²) in [5.41, 5.74) is -1.72. The monoisotopic (exact) mass is 628 g/mol. The largest absolute Gasteiger partial charge is 0.408 e. The molecule has 1 saturated heterocycles. The third kappa shape index (κ3) is 7.21. The van der Waals surface area contributed by atoms with Crippen LogP contribution in [0.3, 0.4) is 0 Å². The lowest BCUT2D eigenvalue weighted by molar-refractivity contribution is -0.142. The van der Waals surface area contributed by atoms with Crippen LogP contribution in [-0.2, 0) is 31.0 Å². The second kappa shape index (κ2) is 11.9. The van der Waals surface area contributed by atoms with Crippen molar-refractivity contribution in [3.8, 4) is 0 Å². The van der Waals surface area contributed by atoms with Crippen LogP contribution in [0.5, 0.6) is 0 Å². The van der Waals surface area contributed by atoms with Gasteiger partial charge in [-0.3, -0.25) is 28.6 Å². The molecule has 2 saturated carbocycles. The van der Waals surface area contributed by atoms with E-state index in [0.29, 0.717) is 49.6 Å². The predicted octanol–water partition coefficient (Wildman–Crippen LogP) is 1.54. The molecule has 2 unspecified atom stereocenters. The van der Waals surface area contributed by atoms with Crippen molar-refractivity contribution in [3.63, 3.8) is 0 Å². The fourth-order valence-electron chi connectivity index (χ4n) is 5.76. The molecule has 0 spiro atoms. The molecule has 0 bridgehead atoms. The SMILES string of the molecule is O=C(N[C@H]1CCCCC/C=C\C2C[C@@]2(C(=O)NS(=O)(=O)C2CC2)NC(=O)C2CCCN2C1=O)c1ccn(CC(F)(F)F)n1. The molecule has 5 rings (SSSR count). The molecule has 16 heteroatoms. The summed E-state index contributed by atoms with van der Waals surface area (Å²) >= 11 is 0. The Hall–Kier alpha value is -3.43. The van der Waals surface area contributed by atoms with Crippen molar-refractivity contribution in [2.45, 2.75) is 99.8 Å². The molecule has 3 fully saturated rings. The average Bonchev–Trinajstić information content (AvgIpc) is 3.79. The first-order chi connectivity index (χ1) is 20.3. The summed E-state index contributed by atoms with van der Waals surface area (Å²) in [7, 11) is -3.85. The number of carbonyl (C=O) groups excluding carboxylic acids is 4. The number of aromatic nitrogens is 2. The molecular weight excluding hydrogens is 593 g/mol. The van der Waals surface area contributed by atoms with Gasteiger partial charge in [0.15, 0.2) is 0 Å². The summed E-state index contributed by atoms with van der Waals surface area (Å²) in [6.45, 7) is -1.14. The van der Waals surface area contributed by atoms with Gasteiger partial charge in [-0.05, 0) is 57.4 Å². The molecule has 2 aliphatic heterocycles. The van der Waals surface area contributed by atoms with Crippen molar-refractivity contribution in [1.82, 2.24) is 30.0 Å². The van der Waals surface area contributed by atoms with Crippen LogP contribution in [-0.4, -0.2) is 82.3 Å². The van der Waals surface area contributed by atoms with Crippen molar-refractivity contribution in [2.75, 3.05) is 6.54 Å². The Morgan fingerprint density at radius 3 is 2.58 bits per heavy atom. The van der Waals surface area contributed by atoms with Crippen molar-refractivity contribution in [1.29, 1.82) is 0 Å². The molecule has 4 amide bonds. The quantitative estimate of drug-likeness (QED) is 0.403. The number of carbonyl (C=O) groups is 4. The number of hydrogen-bond donors (Lipinski definition) is 3. The first kappa shape index (κ1) is 31.0. The number of rotatable bonds is 6. The highest BCUT2D eigenvalue weighted by Crippen LogP contribution is 2.46. The molecule has 12 nitrogen and oxygen atoms in total. The average molecular weight is 629 g/mol. The van der Waals surface area contributed by atoms with Crippen LogP contribution < -0.4 is 15.4 Å². The topological polar surface area (TPSA) is 160 Å². The van der Waals surface area contributed by atoms with Crippen LogP contribution in [0.1, 0.15) is 74.7 Å². The maximum atomic E-state index is 13.7. The van der Waals surface area contributed by atoms with E-state index in [0.717, 1.165) is 18.7 Å². The number of nitrogens with zero attached hydrogens (tertiary/aromatic N) is 3. The van der Waals surface area contributed by atoms with E-state index in [1.807, 2.05) is 12.2 Å². The summed E-state index contributed by atoms with van der Waals surface area (Å²) < 4.78 is 65.9. The van der Waals surface area contributed by atoms with E-state index in [4.69, 9.17) is 0 Å². The van der Waals surface area contributed by atoms with Crippen LogP contribution in [0.4, 0.5) is 13.2 Å². The van der Waals surface area contributed by atoms with Gasteiger partial charge in [-0.2, -0.15) is 18.3 Å². The van der Waals surface area contributed by atoms with Gasteiger partial charge in [0.2, 0.25) is 21.8 Å². The molecule has 236 valence electrons. The second-order valence-corrected chi connectivity index (χ2v) is 13.7. The standard InChI is InChI=1S/C27H35F3N6O6S/c28-27(29,30)16-35-14-12-19(33-35)22(37)31-20-8-5-3-1-2-4-7-17-15-26(17,25(40)34-43(41,42)18-10-11-18)32-23(38)21-9-6-13-36(21)24(20)39/h4,7,12,14,17-18,20-21H,1-3,5-6,8-11,13,15-16H2,(H,31,37)(H,32,38)(H,34,40)/b7-4-/t17?,20-,21?,26+/m0/s1. The highest BCUT2D eigenvalue weighted by Gasteiger charge is 2.61. The molecule has 4 atom stereocenters. The Balaban J connectivity index is 1.33. The lowest BCUT2D eigenvalue weighted by Gasteiger charge is -2.30. The van der Waals surface area contributed by atoms with Gasteiger partial charge in [0, 0.05) is 18.7 Å². The number of allylic oxidation sites excluding steroid dienone is 1. The lowest BCUT2D eigenvalue weighted by atomic mass is 10.0. The molecule has 3 heterocycles. The zero-order valence-corrected chi connectivity index (χ0v) is 24.3. The number of fused-ring (bicyclic) bond motifs is 2. The molecule has 4 aliphatic rings. The number of hydrogen-bond acceptors (Lipinski definition) is 7. The fraction of sp³-hybridized carbons (Fsp3) is 0.667. The van der Waals surface area contributed by atoms with Gasteiger partial charge < -0.3 is 15.5 Å². The van der Waals surface area contributed by atoms with Gasteiger partial charge in [0.25, 0.3) is 11.8 Å². The first-order valence-corrected chi connectivity index (χ1v) is 16.1. The van der Waals surface area contributed by atoms with E-state index in [9.17, 15) is 40.8 Å². The summed E-state index contributed by atoms with van der Waals surface area (Å²) in [5, 5.41) is 8.43. The Labute approximate surface area is 246 Å². The highest BCUT2D eigenvalue weighted by molar-refractivity contribution is 7.91. The zero-order chi connectivity index (χ0) is 31.0. The normalized spacial score (nSPS) is 29.4. The van der Waals surface area contributed by atoms with Gasteiger partial charge in [-0.1, -0.05) is 25.0 Å². The molecule has 43 heavy (non-hydrogen) atoms. The van der Waals surface area contributed by atoms with E-state index >= 15 is 0 Å². The molecule has 1 aromatic rings. The van der Waals surface area contributed by atoms with Gasteiger partial charge in [-0.25, -0.2) is 8.42 Å². The molecule has 0 aromatic carbocycles. The third-order valence-electron chi connectivity index (χ3n) is 8.35. The Bertz CT molecular complexity index is 1410. The minimum Gasteiger partial charge on any atom is -0.339 e. The van der Waals surface area contributed by atoms with E-state index in [1.165, 1.54) is 4.90 Å². The van der Waals surface area contributed by atoms with E-state index in [2.05, 4.69) is 20.5 Å². The molecular formula is C27H35F3N6O6S. The van der Waals surface area contributed by atoms with E-state index in [1.54, 1.807) is 0 Å². The fourth-order valence-corrected chi connectivity index (χ4v) is 7.13. The second-order valence-electron chi connectivity index (χ2n) is 11.7. The molecule has 0 radical (unpaired) electrons. The lowest BCUT2D eigenvalue weighted by Crippen LogP contribution is -2.58. The summed E-state index contributed by atoms with van der Waals surface area (Å²) in [6.07, 6.45) is 5.09. The summed E-state index contributed by atoms with van der Waals surface area (Å²) in [4.78, 5) is 54.8. The number of halogens is 3. The van der Waals surface area contributed by atoms with Crippen LogP contribution in [0.25, 0.3) is 0 Å². The van der Waals surface area contributed by atoms with Crippen LogP contribution in [0, 0.1) is 5.92 Å². The van der Waals surface area contributed by atoms with Crippen molar-refractivity contribution in [3.05, 3.63) is 30.1 Å². The summed E-state index contributed by atoms with van der Waals surface area (Å²) in [5.74, 6) is -3.11. The van der Waals surface area contributed by atoms with Gasteiger partial charge >= 0.3 is 6.18 Å². The maximum absolute atomic E-state index is 13.7. The highest BCUT2D eigenvalue weighted by atomic mass is 32.2. The van der Waals surface area contributed by atoms with Crippen molar-refractivity contribution < 1.29 is 40.8 Å². The number of sulfonamides is 1. The number of alkyl halides is 3. The van der Waals surface area contributed by atoms with Gasteiger partial charge in [0.05, 0.1) is 5.25 Å². The van der Waals surface area contributed by atoms with Crippen molar-refractivity contribution in [2.24, 2.45) is 5.92 Å². The number of amides is 4. The van der Waals surface area contributed by atoms with Gasteiger partial charge in [-0.15, -0.1) is 0 Å². The molecule has 2 aliphatic carbocycles. The van der Waals surface area contributed by atoms with Crippen LogP contribution in [0.15, 0.2) is 24.4 Å². The number of nitrogens with one attached hydrogen (secondary N) is 3. The Kier molecular flexibility index (Phi) is 8.60. The third-order valence-corrected chi connectivity index (χ3v) is 10.2. The van der Waals surface area contributed by atoms with E-state index in [-0.39, 0.29) is 25.1 Å². The first-order valence-electron chi connectivity index (χ1n) is 14.6. The Morgan fingerprint density at radius 2 is 1.86 bits per heavy atom. The minimum atomic E-state index is -4.52.